The molecule has 0 atom stereocenters. The first-order valence-corrected chi connectivity index (χ1v) is 4.76. The molecule has 11 heavy (non-hydrogen) atoms. The van der Waals surface area contributed by atoms with E-state index in [2.05, 4.69) is 56.0 Å². The van der Waals surface area contributed by atoms with Crippen molar-refractivity contribution >= 4 is 4.61 Å². The Morgan fingerprint density at radius 2 is 1.73 bits per heavy atom. The quantitative estimate of drug-likeness (QED) is 0.688. The molecule has 0 nitrogen and oxygen atoms in total. The van der Waals surface area contributed by atoms with Crippen molar-refractivity contribution in [2.45, 2.75) is 19.8 Å². The van der Waals surface area contributed by atoms with Gasteiger partial charge in [-0.1, -0.05) is 0 Å². The molecule has 0 aliphatic carbocycles. The molecule has 0 amide bonds. The number of hydrogen-bond donors (Lipinski definition) is 0. The monoisotopic (exact) mass is 234 g/mol. The molecule has 0 saturated heterocycles. The van der Waals surface area contributed by atoms with E-state index in [4.69, 9.17) is 0 Å². The standard InChI is InChI=1S/C10H12.Ru/c1-8(2)10-6-4-9(3)5-7-10;/h3-8H,1-2H3;. The summed E-state index contributed by atoms with van der Waals surface area (Å²) in [6, 6.07) is 8.66. The molecule has 1 rings (SSSR count). The first kappa shape index (κ1) is 8.81. The first-order chi connectivity index (χ1) is 5.24. The Balaban J connectivity index is 2.91. The maximum absolute atomic E-state index is 2.52. The third kappa shape index (κ3) is 2.34. The molecule has 0 aromatic heterocycles. The molecule has 0 saturated carbocycles. The molecule has 1 aromatic rings. The minimum absolute atomic E-state index is 0.634. The van der Waals surface area contributed by atoms with Crippen LogP contribution in [-0.4, -0.2) is 4.61 Å². The van der Waals surface area contributed by atoms with Gasteiger partial charge in [0.2, 0.25) is 0 Å². The summed E-state index contributed by atoms with van der Waals surface area (Å²) in [5.41, 5.74) is 2.67. The van der Waals surface area contributed by atoms with Gasteiger partial charge in [-0.05, 0) is 0 Å². The molecule has 0 fully saturated rings. The van der Waals surface area contributed by atoms with E-state index in [0.29, 0.717) is 5.92 Å². The fraction of sp³-hybridized carbons (Fsp3) is 0.300. The molecule has 0 aliphatic rings. The number of benzene rings is 1. The Morgan fingerprint density at radius 3 is 2.09 bits per heavy atom. The van der Waals surface area contributed by atoms with Crippen molar-refractivity contribution in [3.8, 4) is 0 Å². The Bertz CT molecular complexity index is 234. The third-order valence-corrected chi connectivity index (χ3v) is 2.30. The van der Waals surface area contributed by atoms with E-state index in [0.717, 1.165) is 0 Å². The Morgan fingerprint density at radius 1 is 1.18 bits per heavy atom. The van der Waals surface area contributed by atoms with Crippen LogP contribution in [0.2, 0.25) is 0 Å². The van der Waals surface area contributed by atoms with Crippen molar-refractivity contribution in [1.29, 1.82) is 0 Å². The van der Waals surface area contributed by atoms with Crippen LogP contribution in [0.3, 0.4) is 0 Å². The van der Waals surface area contributed by atoms with Crippen molar-refractivity contribution in [2.75, 3.05) is 0 Å². The van der Waals surface area contributed by atoms with Crippen molar-refractivity contribution in [2.24, 2.45) is 0 Å². The van der Waals surface area contributed by atoms with E-state index in [-0.39, 0.29) is 0 Å². The van der Waals surface area contributed by atoms with Gasteiger partial charge in [-0.2, -0.15) is 0 Å². The van der Waals surface area contributed by atoms with Gasteiger partial charge in [0.15, 0.2) is 0 Å². The van der Waals surface area contributed by atoms with Crippen molar-refractivity contribution in [3.05, 3.63) is 35.4 Å². The molecule has 1 heteroatoms. The van der Waals surface area contributed by atoms with Crippen LogP contribution in [-0.2, 0) is 17.9 Å². The zero-order valence-electron chi connectivity index (χ0n) is 6.82. The second-order valence-electron chi connectivity index (χ2n) is 2.92. The fourth-order valence-corrected chi connectivity index (χ4v) is 1.28. The van der Waals surface area contributed by atoms with Crippen LogP contribution in [0.15, 0.2) is 24.3 Å². The van der Waals surface area contributed by atoms with Gasteiger partial charge in [-0.15, -0.1) is 0 Å². The van der Waals surface area contributed by atoms with E-state index in [9.17, 15) is 0 Å². The molecule has 0 spiro atoms. The summed E-state index contributed by atoms with van der Waals surface area (Å²) in [4.78, 5) is 0. The molecule has 0 unspecified atom stereocenters. The summed E-state index contributed by atoms with van der Waals surface area (Å²) < 4.78 is 2.05. The zero-order valence-corrected chi connectivity index (χ0v) is 8.56. The minimum atomic E-state index is 0.634. The third-order valence-electron chi connectivity index (χ3n) is 1.72. The second kappa shape index (κ2) is 3.92. The van der Waals surface area contributed by atoms with Gasteiger partial charge in [0.25, 0.3) is 0 Å². The van der Waals surface area contributed by atoms with Crippen molar-refractivity contribution in [1.82, 2.24) is 0 Å². The summed E-state index contributed by atoms with van der Waals surface area (Å²) in [5, 5.41) is 0. The summed E-state index contributed by atoms with van der Waals surface area (Å²) in [6.45, 7) is 4.42. The molecule has 60 valence electrons. The van der Waals surface area contributed by atoms with Crippen LogP contribution in [0.5, 0.6) is 0 Å². The number of rotatable bonds is 2. The van der Waals surface area contributed by atoms with Gasteiger partial charge in [-0.3, -0.25) is 0 Å². The SMILES string of the molecule is CC(C)c1ccc([CH]=[Ru])cc1. The van der Waals surface area contributed by atoms with Crippen LogP contribution in [0, 0.1) is 0 Å². The molecular formula is C10H12Ru. The topological polar surface area (TPSA) is 0 Å². The van der Waals surface area contributed by atoms with Gasteiger partial charge in [0, 0.05) is 0 Å². The van der Waals surface area contributed by atoms with Crippen LogP contribution in [0.25, 0.3) is 0 Å². The molecule has 0 heterocycles. The Labute approximate surface area is 77.8 Å². The predicted octanol–water partition coefficient (Wildman–Crippen LogP) is 2.51. The van der Waals surface area contributed by atoms with E-state index in [1.165, 1.54) is 11.1 Å². The summed E-state index contributed by atoms with van der Waals surface area (Å²) in [6.07, 6.45) is 0. The summed E-state index contributed by atoms with van der Waals surface area (Å²) in [5.74, 6) is 0.634. The van der Waals surface area contributed by atoms with Gasteiger partial charge in [-0.25, -0.2) is 0 Å². The second-order valence-corrected chi connectivity index (χ2v) is 3.43. The molecule has 0 radical (unpaired) electrons. The molecule has 0 bridgehead atoms. The van der Waals surface area contributed by atoms with Crippen LogP contribution in [0.1, 0.15) is 30.9 Å². The van der Waals surface area contributed by atoms with E-state index in [1.807, 2.05) is 4.61 Å². The van der Waals surface area contributed by atoms with Crippen molar-refractivity contribution in [3.63, 3.8) is 0 Å². The predicted molar refractivity (Wildman–Crippen MR) is 45.7 cm³/mol. The van der Waals surface area contributed by atoms with Crippen molar-refractivity contribution < 1.29 is 17.9 Å². The average molecular weight is 233 g/mol. The maximum atomic E-state index is 2.52. The zero-order chi connectivity index (χ0) is 8.27. The van der Waals surface area contributed by atoms with Gasteiger partial charge >= 0.3 is 77.6 Å². The van der Waals surface area contributed by atoms with Crippen LogP contribution >= 0.6 is 0 Å². The van der Waals surface area contributed by atoms with Crippen LogP contribution in [0.4, 0.5) is 0 Å². The fourth-order valence-electron chi connectivity index (χ4n) is 0.949. The normalized spacial score (nSPS) is 10.2. The van der Waals surface area contributed by atoms with Gasteiger partial charge < -0.3 is 0 Å². The van der Waals surface area contributed by atoms with Crippen LogP contribution < -0.4 is 0 Å². The van der Waals surface area contributed by atoms with E-state index < -0.39 is 0 Å². The summed E-state index contributed by atoms with van der Waals surface area (Å²) >= 11 is 2.52. The summed E-state index contributed by atoms with van der Waals surface area (Å²) in [7, 11) is 0. The Kier molecular flexibility index (Phi) is 3.14. The molecule has 1 aromatic carbocycles. The van der Waals surface area contributed by atoms with E-state index >= 15 is 0 Å². The average Bonchev–Trinajstić information content (AvgIpc) is 2.05. The molecule has 0 aliphatic heterocycles. The molecular weight excluding hydrogens is 221 g/mol. The van der Waals surface area contributed by atoms with E-state index in [1.54, 1.807) is 0 Å². The Hall–Kier alpha value is -0.287. The van der Waals surface area contributed by atoms with Gasteiger partial charge in [0.1, 0.15) is 0 Å². The number of hydrogen-bond acceptors (Lipinski definition) is 0. The first-order valence-electron chi connectivity index (χ1n) is 3.76. The molecule has 0 N–H and O–H groups in total. The van der Waals surface area contributed by atoms with Gasteiger partial charge in [0.05, 0.1) is 0 Å².